The van der Waals surface area contributed by atoms with Crippen molar-refractivity contribution >= 4 is 34.2 Å². The number of carbonyl (C=O) groups excluding carboxylic acids is 2. The molecular formula is C19H17ClN2O2. The summed E-state index contributed by atoms with van der Waals surface area (Å²) < 4.78 is 0. The molecule has 4 nitrogen and oxygen atoms in total. The Morgan fingerprint density at radius 2 is 1.88 bits per heavy atom. The summed E-state index contributed by atoms with van der Waals surface area (Å²) in [6.07, 6.45) is 1.57. The SMILES string of the molecule is CCN(Cc1ccccc1)C(=O)C(=O)c1c[nH]c2cc(Cl)ccc12. The molecule has 0 spiro atoms. The van der Waals surface area contributed by atoms with Crippen LogP contribution in [0.2, 0.25) is 5.02 Å². The lowest BCUT2D eigenvalue weighted by Crippen LogP contribution is -2.35. The van der Waals surface area contributed by atoms with E-state index in [1.165, 1.54) is 0 Å². The summed E-state index contributed by atoms with van der Waals surface area (Å²) in [5.41, 5.74) is 2.11. The average molecular weight is 341 g/mol. The van der Waals surface area contributed by atoms with Crippen molar-refractivity contribution in [3.8, 4) is 0 Å². The number of rotatable bonds is 5. The minimum atomic E-state index is -0.513. The van der Waals surface area contributed by atoms with Crippen molar-refractivity contribution in [1.82, 2.24) is 9.88 Å². The van der Waals surface area contributed by atoms with Crippen molar-refractivity contribution in [2.75, 3.05) is 6.54 Å². The van der Waals surface area contributed by atoms with Gasteiger partial charge in [-0.2, -0.15) is 0 Å². The third kappa shape index (κ3) is 3.19. The van der Waals surface area contributed by atoms with E-state index in [0.29, 0.717) is 29.1 Å². The highest BCUT2D eigenvalue weighted by atomic mass is 35.5. The number of aromatic nitrogens is 1. The standard InChI is InChI=1S/C19H17ClN2O2/c1-2-22(12-13-6-4-3-5-7-13)19(24)18(23)16-11-21-17-10-14(20)8-9-15(16)17/h3-11,21H,2,12H2,1H3. The van der Waals surface area contributed by atoms with Crippen LogP contribution < -0.4 is 0 Å². The highest BCUT2D eigenvalue weighted by molar-refractivity contribution is 6.45. The lowest BCUT2D eigenvalue weighted by molar-refractivity contribution is -0.126. The van der Waals surface area contributed by atoms with Crippen LogP contribution in [0.4, 0.5) is 0 Å². The molecule has 0 saturated carbocycles. The topological polar surface area (TPSA) is 53.2 Å². The van der Waals surface area contributed by atoms with Crippen LogP contribution in [0.5, 0.6) is 0 Å². The minimum absolute atomic E-state index is 0.373. The van der Waals surface area contributed by atoms with E-state index < -0.39 is 11.7 Å². The number of Topliss-reactive ketones (excluding diaryl/α,β-unsaturated/α-hetero) is 1. The first kappa shape index (κ1) is 16.3. The van der Waals surface area contributed by atoms with E-state index in [4.69, 9.17) is 11.6 Å². The van der Waals surface area contributed by atoms with E-state index >= 15 is 0 Å². The summed E-state index contributed by atoms with van der Waals surface area (Å²) in [6, 6.07) is 14.8. The van der Waals surface area contributed by atoms with Gasteiger partial charge in [-0.3, -0.25) is 9.59 Å². The van der Waals surface area contributed by atoms with Crippen LogP contribution in [0, 0.1) is 0 Å². The number of fused-ring (bicyclic) bond motifs is 1. The van der Waals surface area contributed by atoms with Gasteiger partial charge in [0.05, 0.1) is 5.56 Å². The molecule has 0 atom stereocenters. The van der Waals surface area contributed by atoms with Crippen LogP contribution in [-0.4, -0.2) is 28.1 Å². The van der Waals surface area contributed by atoms with E-state index in [0.717, 1.165) is 11.1 Å². The van der Waals surface area contributed by atoms with Crippen LogP contribution in [0.15, 0.2) is 54.7 Å². The van der Waals surface area contributed by atoms with E-state index in [1.54, 1.807) is 29.3 Å². The maximum absolute atomic E-state index is 12.7. The third-order valence-electron chi connectivity index (χ3n) is 3.97. The number of likely N-dealkylation sites (N-methyl/N-ethyl adjacent to an activating group) is 1. The molecule has 2 aromatic carbocycles. The molecule has 1 aromatic heterocycles. The highest BCUT2D eigenvalue weighted by Gasteiger charge is 2.24. The molecular weight excluding hydrogens is 324 g/mol. The predicted molar refractivity (Wildman–Crippen MR) is 95.2 cm³/mol. The molecule has 1 N–H and O–H groups in total. The van der Waals surface area contributed by atoms with Crippen LogP contribution >= 0.6 is 11.6 Å². The number of ketones is 1. The van der Waals surface area contributed by atoms with Crippen LogP contribution in [0.25, 0.3) is 10.9 Å². The number of aromatic amines is 1. The van der Waals surface area contributed by atoms with Gasteiger partial charge in [0.1, 0.15) is 0 Å². The van der Waals surface area contributed by atoms with Crippen molar-refractivity contribution in [2.45, 2.75) is 13.5 Å². The zero-order chi connectivity index (χ0) is 17.1. The maximum Gasteiger partial charge on any atom is 0.295 e. The maximum atomic E-state index is 12.7. The van der Waals surface area contributed by atoms with Gasteiger partial charge >= 0.3 is 0 Å². The highest BCUT2D eigenvalue weighted by Crippen LogP contribution is 2.23. The molecule has 0 radical (unpaired) electrons. The van der Waals surface area contributed by atoms with Gasteiger partial charge in [0, 0.05) is 35.2 Å². The second-order valence-corrected chi connectivity index (χ2v) is 5.96. The fourth-order valence-corrected chi connectivity index (χ4v) is 2.85. The zero-order valence-electron chi connectivity index (χ0n) is 13.3. The first-order valence-corrected chi connectivity index (χ1v) is 8.12. The van der Waals surface area contributed by atoms with E-state index in [9.17, 15) is 9.59 Å². The Bertz CT molecular complexity index is 887. The molecule has 3 aromatic rings. The Kier molecular flexibility index (Phi) is 4.67. The van der Waals surface area contributed by atoms with E-state index in [2.05, 4.69) is 4.98 Å². The fraction of sp³-hybridized carbons (Fsp3) is 0.158. The molecule has 1 heterocycles. The Balaban J connectivity index is 1.85. The Hall–Kier alpha value is -2.59. The first-order chi connectivity index (χ1) is 11.6. The first-order valence-electron chi connectivity index (χ1n) is 7.74. The number of halogens is 1. The van der Waals surface area contributed by atoms with Gasteiger partial charge in [-0.15, -0.1) is 0 Å². The number of nitrogens with one attached hydrogen (secondary N) is 1. The summed E-state index contributed by atoms with van der Waals surface area (Å²) in [5, 5.41) is 1.28. The number of benzene rings is 2. The molecule has 5 heteroatoms. The predicted octanol–water partition coefficient (Wildman–Crippen LogP) is 4.05. The van der Waals surface area contributed by atoms with Crippen LogP contribution in [-0.2, 0) is 11.3 Å². The van der Waals surface area contributed by atoms with Gasteiger partial charge in [0.15, 0.2) is 0 Å². The van der Waals surface area contributed by atoms with Gasteiger partial charge < -0.3 is 9.88 Å². The molecule has 0 aliphatic rings. The normalized spacial score (nSPS) is 10.8. The molecule has 0 bridgehead atoms. The zero-order valence-corrected chi connectivity index (χ0v) is 14.0. The molecule has 0 saturated heterocycles. The van der Waals surface area contributed by atoms with Crippen molar-refractivity contribution in [3.63, 3.8) is 0 Å². The average Bonchev–Trinajstić information content (AvgIpc) is 3.02. The lowest BCUT2D eigenvalue weighted by atomic mass is 10.1. The number of hydrogen-bond donors (Lipinski definition) is 1. The van der Waals surface area contributed by atoms with Gasteiger partial charge in [0.2, 0.25) is 0 Å². The van der Waals surface area contributed by atoms with Crippen molar-refractivity contribution in [3.05, 3.63) is 70.9 Å². The summed E-state index contributed by atoms with van der Waals surface area (Å²) in [5.74, 6) is -1.02. The Labute approximate surface area is 145 Å². The quantitative estimate of drug-likeness (QED) is 0.562. The Morgan fingerprint density at radius 3 is 2.58 bits per heavy atom. The monoisotopic (exact) mass is 340 g/mol. The fourth-order valence-electron chi connectivity index (χ4n) is 2.68. The second kappa shape index (κ2) is 6.89. The molecule has 0 aliphatic heterocycles. The largest absolute Gasteiger partial charge is 0.360 e. The molecule has 0 fully saturated rings. The number of H-pyrrole nitrogens is 1. The molecule has 0 aliphatic carbocycles. The second-order valence-electron chi connectivity index (χ2n) is 5.53. The molecule has 0 unspecified atom stereocenters. The molecule has 1 amide bonds. The minimum Gasteiger partial charge on any atom is -0.360 e. The van der Waals surface area contributed by atoms with Gasteiger partial charge in [-0.1, -0.05) is 48.0 Å². The third-order valence-corrected chi connectivity index (χ3v) is 4.20. The van der Waals surface area contributed by atoms with Crippen molar-refractivity contribution in [1.29, 1.82) is 0 Å². The van der Waals surface area contributed by atoms with E-state index in [1.807, 2.05) is 37.3 Å². The van der Waals surface area contributed by atoms with Crippen molar-refractivity contribution < 1.29 is 9.59 Å². The van der Waals surface area contributed by atoms with E-state index in [-0.39, 0.29) is 0 Å². The Morgan fingerprint density at radius 1 is 1.12 bits per heavy atom. The summed E-state index contributed by atoms with van der Waals surface area (Å²) in [6.45, 7) is 2.74. The van der Waals surface area contributed by atoms with Crippen LogP contribution in [0.3, 0.4) is 0 Å². The summed E-state index contributed by atoms with van der Waals surface area (Å²) in [4.78, 5) is 29.8. The number of hydrogen-bond acceptors (Lipinski definition) is 2. The summed E-state index contributed by atoms with van der Waals surface area (Å²) >= 11 is 5.95. The number of carbonyl (C=O) groups is 2. The molecule has 122 valence electrons. The van der Waals surface area contributed by atoms with Gasteiger partial charge in [0.25, 0.3) is 11.7 Å². The number of amides is 1. The van der Waals surface area contributed by atoms with Crippen LogP contribution in [0.1, 0.15) is 22.8 Å². The molecule has 24 heavy (non-hydrogen) atoms. The lowest BCUT2D eigenvalue weighted by Gasteiger charge is -2.20. The van der Waals surface area contributed by atoms with Gasteiger partial charge in [-0.25, -0.2) is 0 Å². The smallest absolute Gasteiger partial charge is 0.295 e. The van der Waals surface area contributed by atoms with Crippen molar-refractivity contribution in [2.24, 2.45) is 0 Å². The van der Waals surface area contributed by atoms with Gasteiger partial charge in [-0.05, 0) is 24.6 Å². The number of nitrogens with zero attached hydrogens (tertiary/aromatic N) is 1. The molecule has 3 rings (SSSR count). The summed E-state index contributed by atoms with van der Waals surface area (Å²) in [7, 11) is 0.